The summed E-state index contributed by atoms with van der Waals surface area (Å²) in [4.78, 5) is 0. The van der Waals surface area contributed by atoms with Crippen molar-refractivity contribution in [3.05, 3.63) is 0 Å². The Kier molecular flexibility index (Phi) is 297. The molecule has 0 rings (SSSR count). The van der Waals surface area contributed by atoms with E-state index in [2.05, 4.69) is 0 Å². The number of hydrogen-bond donors (Lipinski definition) is 0. The molecule has 0 unspecified atom stereocenters. The smallest absolute Gasteiger partial charge is 1.00 e. The first-order chi connectivity index (χ1) is 0. The van der Waals surface area contributed by atoms with Crippen molar-refractivity contribution >= 4 is 0 Å². The van der Waals surface area contributed by atoms with Crippen LogP contribution in [0.15, 0.2) is 0 Å². The SMILES string of the molecule is O.O.[H-].[H-].[Li+].[Na+]. The minimum Gasteiger partial charge on any atom is -1.00 e. The van der Waals surface area contributed by atoms with E-state index in [0.29, 0.717) is 0 Å². The molecule has 0 saturated carbocycles. The van der Waals surface area contributed by atoms with Gasteiger partial charge in [0.15, 0.2) is 0 Å². The summed E-state index contributed by atoms with van der Waals surface area (Å²) >= 11 is 0. The maximum atomic E-state index is 0. The summed E-state index contributed by atoms with van der Waals surface area (Å²) in [6.07, 6.45) is 0. The molecule has 0 radical (unpaired) electrons. The van der Waals surface area contributed by atoms with Crippen molar-refractivity contribution in [1.82, 2.24) is 0 Å². The molecule has 0 amide bonds. The van der Waals surface area contributed by atoms with Gasteiger partial charge < -0.3 is 13.8 Å². The molecule has 0 bridgehead atoms. The predicted molar refractivity (Wildman–Crippen MR) is 9.45 cm³/mol. The van der Waals surface area contributed by atoms with E-state index in [1.165, 1.54) is 0 Å². The Morgan fingerprint density at radius 1 is 1.00 bits per heavy atom. The molecule has 0 spiro atoms. The van der Waals surface area contributed by atoms with Crippen molar-refractivity contribution < 1.29 is 62.2 Å². The van der Waals surface area contributed by atoms with Crippen LogP contribution in [-0.4, -0.2) is 11.0 Å². The van der Waals surface area contributed by atoms with Gasteiger partial charge in [-0.25, -0.2) is 0 Å². The summed E-state index contributed by atoms with van der Waals surface area (Å²) in [6.45, 7) is 0. The molecule has 20 valence electrons. The first-order valence-electron chi connectivity index (χ1n) is 0. The minimum absolute atomic E-state index is 0. The van der Waals surface area contributed by atoms with Crippen LogP contribution in [0, 0.1) is 0 Å². The Bertz CT molecular complexity index is 11.5. The summed E-state index contributed by atoms with van der Waals surface area (Å²) in [5, 5.41) is 0. The second-order valence-electron chi connectivity index (χ2n) is 0. The van der Waals surface area contributed by atoms with Gasteiger partial charge in [0.25, 0.3) is 0 Å². The van der Waals surface area contributed by atoms with E-state index >= 15 is 0 Å². The Balaban J connectivity index is 0. The fourth-order valence-corrected chi connectivity index (χ4v) is 0. The molecule has 2 nitrogen and oxygen atoms in total. The molecule has 4 heavy (non-hydrogen) atoms. The summed E-state index contributed by atoms with van der Waals surface area (Å²) < 4.78 is 0. The Morgan fingerprint density at radius 2 is 1.00 bits per heavy atom. The van der Waals surface area contributed by atoms with Gasteiger partial charge in [-0.2, -0.15) is 0 Å². The molecule has 4 N–H and O–H groups in total. The van der Waals surface area contributed by atoms with Crippen LogP contribution in [0.25, 0.3) is 0 Å². The standard InChI is InChI=1S/Li.Na.2H2O.2H/h;;2*1H2;;/q2*+1;;;2*-1. The van der Waals surface area contributed by atoms with Gasteiger partial charge in [0, 0.05) is 0 Å². The van der Waals surface area contributed by atoms with Crippen molar-refractivity contribution in [2.45, 2.75) is 0 Å². The van der Waals surface area contributed by atoms with Gasteiger partial charge in [-0.3, -0.25) is 0 Å². The van der Waals surface area contributed by atoms with E-state index in [-0.39, 0.29) is 62.2 Å². The van der Waals surface area contributed by atoms with Crippen molar-refractivity contribution in [3.63, 3.8) is 0 Å². The van der Waals surface area contributed by atoms with Gasteiger partial charge in [0.2, 0.25) is 0 Å². The maximum absolute atomic E-state index is 0. The van der Waals surface area contributed by atoms with E-state index in [9.17, 15) is 0 Å². The average Bonchev–Trinajstić information content (AvgIpc) is 0. The van der Waals surface area contributed by atoms with Crippen LogP contribution in [0.2, 0.25) is 0 Å². The molecule has 0 aliphatic carbocycles. The van der Waals surface area contributed by atoms with Crippen molar-refractivity contribution in [2.24, 2.45) is 0 Å². The third kappa shape index (κ3) is 9.68. The molecule has 0 aliphatic heterocycles. The van der Waals surface area contributed by atoms with E-state index < -0.39 is 0 Å². The first kappa shape index (κ1) is 48.9. The van der Waals surface area contributed by atoms with Gasteiger partial charge in [-0.15, -0.1) is 0 Å². The zero-order valence-electron chi connectivity index (χ0n) is 5.00. The predicted octanol–water partition coefficient (Wildman–Crippen LogP) is -7.42. The molecule has 0 aliphatic rings. The average molecular weight is 68.0 g/mol. The molecule has 4 heteroatoms. The van der Waals surface area contributed by atoms with Crippen LogP contribution >= 0.6 is 0 Å². The Morgan fingerprint density at radius 3 is 1.00 bits per heavy atom. The van der Waals surface area contributed by atoms with Crippen molar-refractivity contribution in [2.75, 3.05) is 0 Å². The van der Waals surface area contributed by atoms with Crippen molar-refractivity contribution in [3.8, 4) is 0 Å². The summed E-state index contributed by atoms with van der Waals surface area (Å²) in [5.74, 6) is 0. The largest absolute Gasteiger partial charge is 1.00 e. The van der Waals surface area contributed by atoms with Gasteiger partial charge in [-0.05, 0) is 0 Å². The van der Waals surface area contributed by atoms with E-state index in [4.69, 9.17) is 0 Å². The maximum Gasteiger partial charge on any atom is 1.00 e. The molecule has 0 aromatic rings. The third-order valence-corrected chi connectivity index (χ3v) is 0. The number of hydrogen-bond acceptors (Lipinski definition) is 0. The second kappa shape index (κ2) is 24.3. The van der Waals surface area contributed by atoms with Gasteiger partial charge in [0.05, 0.1) is 0 Å². The molecule has 0 saturated heterocycles. The van der Waals surface area contributed by atoms with Crippen LogP contribution in [0.4, 0.5) is 0 Å². The minimum atomic E-state index is 0. The van der Waals surface area contributed by atoms with Crippen LogP contribution in [-0.2, 0) is 0 Å². The molecule has 0 atom stereocenters. The molecule has 0 heterocycles. The Labute approximate surface area is 62.0 Å². The first-order valence-corrected chi connectivity index (χ1v) is 0. The fraction of sp³-hybridized carbons (Fsp3) is 0. The van der Waals surface area contributed by atoms with Gasteiger partial charge in [0.1, 0.15) is 0 Å². The Hall–Kier alpha value is 1.52. The normalized spacial score (nSPS) is 0. The van der Waals surface area contributed by atoms with Crippen LogP contribution in [0.1, 0.15) is 2.85 Å². The fourth-order valence-electron chi connectivity index (χ4n) is 0. The molecule has 0 aromatic carbocycles. The zero-order chi connectivity index (χ0) is 0. The summed E-state index contributed by atoms with van der Waals surface area (Å²) in [5.41, 5.74) is 0. The van der Waals surface area contributed by atoms with E-state index in [0.717, 1.165) is 0 Å². The summed E-state index contributed by atoms with van der Waals surface area (Å²) in [6, 6.07) is 0. The summed E-state index contributed by atoms with van der Waals surface area (Å²) in [7, 11) is 0. The van der Waals surface area contributed by atoms with Crippen LogP contribution in [0.3, 0.4) is 0 Å². The van der Waals surface area contributed by atoms with E-state index in [1.807, 2.05) is 0 Å². The van der Waals surface area contributed by atoms with Crippen molar-refractivity contribution in [1.29, 1.82) is 0 Å². The van der Waals surface area contributed by atoms with E-state index in [1.54, 1.807) is 0 Å². The molecular formula is H6LiNaO2. The third-order valence-electron chi connectivity index (χ3n) is 0. The van der Waals surface area contributed by atoms with Crippen LogP contribution < -0.4 is 48.4 Å². The van der Waals surface area contributed by atoms with Gasteiger partial charge >= 0.3 is 48.4 Å². The molecular weight excluding hydrogens is 61.9 g/mol. The number of rotatable bonds is 0. The second-order valence-corrected chi connectivity index (χ2v) is 0. The molecule has 0 fully saturated rings. The zero-order valence-corrected chi connectivity index (χ0v) is 5.00. The quantitative estimate of drug-likeness (QED) is 0.253. The topological polar surface area (TPSA) is 63.0 Å². The monoisotopic (exact) mass is 68.0 g/mol. The molecule has 0 aromatic heterocycles. The van der Waals surface area contributed by atoms with Crippen LogP contribution in [0.5, 0.6) is 0 Å². The van der Waals surface area contributed by atoms with Gasteiger partial charge in [-0.1, -0.05) is 0 Å².